The summed E-state index contributed by atoms with van der Waals surface area (Å²) in [4.78, 5) is 0. The fourth-order valence-corrected chi connectivity index (χ4v) is 2.56. The van der Waals surface area contributed by atoms with Crippen molar-refractivity contribution in [3.05, 3.63) is 34.9 Å². The van der Waals surface area contributed by atoms with Gasteiger partial charge in [0.25, 0.3) is 0 Å². The minimum Gasteiger partial charge on any atom is -0.383 e. The Morgan fingerprint density at radius 1 is 1.26 bits per heavy atom. The Labute approximate surface area is 122 Å². The summed E-state index contributed by atoms with van der Waals surface area (Å²) < 4.78 is 5.06. The zero-order valence-corrected chi connectivity index (χ0v) is 12.9. The molecule has 1 rings (SSSR count). The maximum Gasteiger partial charge on any atom is 0.0587 e. The number of hydrogen-bond donors (Lipinski definition) is 1. The molecule has 0 amide bonds. The molecule has 0 heterocycles. The Morgan fingerprint density at radius 3 is 2.74 bits per heavy atom. The Balaban J connectivity index is 2.55. The third-order valence-electron chi connectivity index (χ3n) is 3.37. The van der Waals surface area contributed by atoms with E-state index < -0.39 is 0 Å². The minimum atomic E-state index is 0.497. The van der Waals surface area contributed by atoms with Gasteiger partial charge in [-0.05, 0) is 24.0 Å². The van der Waals surface area contributed by atoms with Crippen LogP contribution in [0.5, 0.6) is 0 Å². The molecule has 2 nitrogen and oxygen atoms in total. The molecule has 0 saturated heterocycles. The molecule has 0 fully saturated rings. The lowest BCUT2D eigenvalue weighted by molar-refractivity contribution is 0.198. The highest BCUT2D eigenvalue weighted by Crippen LogP contribution is 2.28. The van der Waals surface area contributed by atoms with Gasteiger partial charge in [0.2, 0.25) is 0 Å². The van der Waals surface area contributed by atoms with E-state index >= 15 is 0 Å². The molecule has 19 heavy (non-hydrogen) atoms. The number of ether oxygens (including phenoxy) is 1. The summed E-state index contributed by atoms with van der Waals surface area (Å²) in [5.74, 6) is 0.497. The predicted molar refractivity (Wildman–Crippen MR) is 83.1 cm³/mol. The van der Waals surface area contributed by atoms with E-state index in [9.17, 15) is 0 Å². The maximum absolute atomic E-state index is 6.32. The molecular formula is C16H26ClNO. The van der Waals surface area contributed by atoms with E-state index in [0.717, 1.165) is 24.7 Å². The molecule has 3 heteroatoms. The molecule has 0 radical (unpaired) electrons. The van der Waals surface area contributed by atoms with Gasteiger partial charge >= 0.3 is 0 Å². The molecule has 1 aromatic rings. The topological polar surface area (TPSA) is 21.3 Å². The van der Waals surface area contributed by atoms with Crippen LogP contribution in [0.3, 0.4) is 0 Å². The van der Waals surface area contributed by atoms with Gasteiger partial charge in [0.1, 0.15) is 0 Å². The third-order valence-corrected chi connectivity index (χ3v) is 3.72. The largest absolute Gasteiger partial charge is 0.383 e. The summed E-state index contributed by atoms with van der Waals surface area (Å²) in [7, 11) is 1.73. The summed E-state index contributed by atoms with van der Waals surface area (Å²) >= 11 is 6.32. The van der Waals surface area contributed by atoms with Crippen molar-refractivity contribution < 1.29 is 4.74 Å². The minimum absolute atomic E-state index is 0.497. The molecule has 1 N–H and O–H groups in total. The van der Waals surface area contributed by atoms with Gasteiger partial charge in [0.05, 0.1) is 6.61 Å². The standard InChI is InChI=1S/C16H26ClNO/c1-3-4-5-8-14(13-18-11-12-19-2)15-9-6-7-10-16(15)17/h6-7,9-10,14,18H,3-5,8,11-13H2,1-2H3. The summed E-state index contributed by atoms with van der Waals surface area (Å²) in [5.41, 5.74) is 1.27. The van der Waals surface area contributed by atoms with Crippen LogP contribution in [0.25, 0.3) is 0 Å². The molecule has 0 aliphatic rings. The monoisotopic (exact) mass is 283 g/mol. The van der Waals surface area contributed by atoms with E-state index in [-0.39, 0.29) is 0 Å². The predicted octanol–water partition coefficient (Wildman–Crippen LogP) is 4.24. The van der Waals surface area contributed by atoms with Crippen molar-refractivity contribution in [1.29, 1.82) is 0 Å². The van der Waals surface area contributed by atoms with Gasteiger partial charge in [-0.3, -0.25) is 0 Å². The molecule has 0 aromatic heterocycles. The Morgan fingerprint density at radius 2 is 2.05 bits per heavy atom. The van der Waals surface area contributed by atoms with Crippen molar-refractivity contribution in [2.75, 3.05) is 26.8 Å². The van der Waals surface area contributed by atoms with Crippen molar-refractivity contribution in [3.63, 3.8) is 0 Å². The van der Waals surface area contributed by atoms with Gasteiger partial charge in [0.15, 0.2) is 0 Å². The maximum atomic E-state index is 6.32. The molecule has 0 spiro atoms. The van der Waals surface area contributed by atoms with Crippen LogP contribution in [0.15, 0.2) is 24.3 Å². The lowest BCUT2D eigenvalue weighted by Crippen LogP contribution is -2.25. The van der Waals surface area contributed by atoms with Gasteiger partial charge in [-0.15, -0.1) is 0 Å². The Kier molecular flexibility index (Phi) is 8.89. The number of benzene rings is 1. The van der Waals surface area contributed by atoms with Gasteiger partial charge in [-0.25, -0.2) is 0 Å². The van der Waals surface area contributed by atoms with Crippen molar-refractivity contribution >= 4 is 11.6 Å². The SMILES string of the molecule is CCCCCC(CNCCOC)c1ccccc1Cl. The first kappa shape index (κ1) is 16.5. The summed E-state index contributed by atoms with van der Waals surface area (Å²) in [6, 6.07) is 8.20. The number of nitrogens with one attached hydrogen (secondary N) is 1. The molecule has 108 valence electrons. The van der Waals surface area contributed by atoms with Crippen molar-refractivity contribution in [1.82, 2.24) is 5.32 Å². The molecule has 1 atom stereocenters. The molecule has 0 bridgehead atoms. The zero-order valence-electron chi connectivity index (χ0n) is 12.1. The molecule has 1 aromatic carbocycles. The van der Waals surface area contributed by atoms with Crippen LogP contribution in [0.1, 0.15) is 44.1 Å². The number of rotatable bonds is 10. The molecule has 0 aliphatic carbocycles. The lowest BCUT2D eigenvalue weighted by atomic mass is 9.93. The van der Waals surface area contributed by atoms with Crippen LogP contribution in [0.2, 0.25) is 5.02 Å². The number of unbranched alkanes of at least 4 members (excludes halogenated alkanes) is 2. The number of methoxy groups -OCH3 is 1. The summed E-state index contributed by atoms with van der Waals surface area (Å²) in [6.45, 7) is 4.85. The van der Waals surface area contributed by atoms with E-state index in [1.54, 1.807) is 7.11 Å². The Hall–Kier alpha value is -0.570. The average molecular weight is 284 g/mol. The second kappa shape index (κ2) is 10.2. The highest BCUT2D eigenvalue weighted by molar-refractivity contribution is 6.31. The number of hydrogen-bond acceptors (Lipinski definition) is 2. The van der Waals surface area contributed by atoms with Crippen LogP contribution in [0, 0.1) is 0 Å². The fraction of sp³-hybridized carbons (Fsp3) is 0.625. The van der Waals surface area contributed by atoms with Gasteiger partial charge in [-0.1, -0.05) is 56.0 Å². The van der Waals surface area contributed by atoms with E-state index in [0.29, 0.717) is 5.92 Å². The lowest BCUT2D eigenvalue weighted by Gasteiger charge is -2.19. The van der Waals surface area contributed by atoms with Crippen LogP contribution >= 0.6 is 11.6 Å². The van der Waals surface area contributed by atoms with Crippen molar-refractivity contribution in [3.8, 4) is 0 Å². The van der Waals surface area contributed by atoms with Gasteiger partial charge in [-0.2, -0.15) is 0 Å². The van der Waals surface area contributed by atoms with E-state index in [1.165, 1.54) is 31.2 Å². The van der Waals surface area contributed by atoms with Crippen molar-refractivity contribution in [2.24, 2.45) is 0 Å². The fourth-order valence-electron chi connectivity index (χ4n) is 2.26. The smallest absolute Gasteiger partial charge is 0.0587 e. The van der Waals surface area contributed by atoms with Gasteiger partial charge in [0, 0.05) is 25.2 Å². The van der Waals surface area contributed by atoms with Crippen LogP contribution < -0.4 is 5.32 Å². The summed E-state index contributed by atoms with van der Waals surface area (Å²) in [6.07, 6.45) is 5.00. The van der Waals surface area contributed by atoms with Crippen molar-refractivity contribution in [2.45, 2.75) is 38.5 Å². The third kappa shape index (κ3) is 6.42. The normalized spacial score (nSPS) is 12.6. The highest BCUT2D eigenvalue weighted by Gasteiger charge is 2.13. The molecule has 0 aliphatic heterocycles. The van der Waals surface area contributed by atoms with E-state index in [1.807, 2.05) is 12.1 Å². The second-order valence-electron chi connectivity index (χ2n) is 4.91. The van der Waals surface area contributed by atoms with Crippen LogP contribution in [-0.2, 0) is 4.74 Å². The second-order valence-corrected chi connectivity index (χ2v) is 5.32. The zero-order chi connectivity index (χ0) is 13.9. The Bertz CT molecular complexity index is 343. The first-order valence-corrected chi connectivity index (χ1v) is 7.61. The van der Waals surface area contributed by atoms with Crippen LogP contribution in [-0.4, -0.2) is 26.8 Å². The van der Waals surface area contributed by atoms with E-state index in [2.05, 4.69) is 24.4 Å². The number of halogens is 1. The average Bonchev–Trinajstić information content (AvgIpc) is 2.42. The van der Waals surface area contributed by atoms with E-state index in [4.69, 9.17) is 16.3 Å². The molecule has 1 unspecified atom stereocenters. The first-order chi connectivity index (χ1) is 9.29. The molecular weight excluding hydrogens is 258 g/mol. The van der Waals surface area contributed by atoms with Gasteiger partial charge < -0.3 is 10.1 Å². The van der Waals surface area contributed by atoms with Crippen LogP contribution in [0.4, 0.5) is 0 Å². The quantitative estimate of drug-likeness (QED) is 0.649. The highest BCUT2D eigenvalue weighted by atomic mass is 35.5. The summed E-state index contributed by atoms with van der Waals surface area (Å²) in [5, 5.41) is 4.34. The first-order valence-electron chi connectivity index (χ1n) is 7.23. The molecule has 0 saturated carbocycles.